The highest BCUT2D eigenvalue weighted by Gasteiger charge is 2.20. The van der Waals surface area contributed by atoms with E-state index in [-0.39, 0.29) is 18.4 Å². The molecule has 2 rings (SSSR count). The van der Waals surface area contributed by atoms with Crippen molar-refractivity contribution < 1.29 is 14.0 Å². The van der Waals surface area contributed by atoms with E-state index in [4.69, 9.17) is 4.42 Å². The maximum Gasteiger partial charge on any atom is 0.242 e. The molecule has 25 heavy (non-hydrogen) atoms. The Morgan fingerprint density at radius 2 is 1.80 bits per heavy atom. The average Bonchev–Trinajstić information content (AvgIpc) is 2.99. The van der Waals surface area contributed by atoms with E-state index >= 15 is 0 Å². The van der Waals surface area contributed by atoms with E-state index < -0.39 is 0 Å². The molecule has 0 N–H and O–H groups in total. The topological polar surface area (TPSA) is 53.8 Å². The van der Waals surface area contributed by atoms with Gasteiger partial charge in [0.2, 0.25) is 11.8 Å². The van der Waals surface area contributed by atoms with Crippen molar-refractivity contribution in [2.45, 2.75) is 26.9 Å². The molecule has 132 valence electrons. The lowest BCUT2D eigenvalue weighted by Gasteiger charge is -2.26. The summed E-state index contributed by atoms with van der Waals surface area (Å²) in [5.41, 5.74) is 1.03. The Labute approximate surface area is 148 Å². The highest BCUT2D eigenvalue weighted by atomic mass is 16.3. The quantitative estimate of drug-likeness (QED) is 0.694. The Bertz CT molecular complexity index is 722. The largest absolute Gasteiger partial charge is 0.464 e. The monoisotopic (exact) mass is 340 g/mol. The third kappa shape index (κ3) is 5.64. The van der Waals surface area contributed by atoms with Gasteiger partial charge in [-0.3, -0.25) is 9.59 Å². The van der Waals surface area contributed by atoms with Crippen LogP contribution in [0.15, 0.2) is 59.5 Å². The highest BCUT2D eigenvalue weighted by molar-refractivity contribution is 5.84. The number of carbonyl (C=O) groups is 2. The van der Waals surface area contributed by atoms with Gasteiger partial charge in [0, 0.05) is 20.0 Å². The minimum Gasteiger partial charge on any atom is -0.464 e. The van der Waals surface area contributed by atoms with Crippen LogP contribution in [-0.2, 0) is 22.7 Å². The van der Waals surface area contributed by atoms with Crippen LogP contribution in [0, 0.1) is 6.92 Å². The van der Waals surface area contributed by atoms with E-state index in [9.17, 15) is 9.59 Å². The fraction of sp³-hybridized carbons (Fsp3) is 0.300. The Hall–Kier alpha value is -2.82. The smallest absolute Gasteiger partial charge is 0.242 e. The summed E-state index contributed by atoms with van der Waals surface area (Å²) in [5.74, 6) is 1.25. The molecular formula is C20H24N2O3. The third-order valence-electron chi connectivity index (χ3n) is 3.83. The number of rotatable bonds is 8. The second-order valence-corrected chi connectivity index (χ2v) is 5.94. The lowest BCUT2D eigenvalue weighted by Crippen LogP contribution is -2.41. The summed E-state index contributed by atoms with van der Waals surface area (Å²) in [6.07, 6.45) is 1.62. The molecule has 2 amide bonds. The van der Waals surface area contributed by atoms with Crippen LogP contribution in [0.5, 0.6) is 0 Å². The van der Waals surface area contributed by atoms with E-state index in [1.54, 1.807) is 11.0 Å². The molecule has 0 unspecified atom stereocenters. The summed E-state index contributed by atoms with van der Waals surface area (Å²) in [4.78, 5) is 27.7. The van der Waals surface area contributed by atoms with Gasteiger partial charge in [0.05, 0.1) is 6.54 Å². The minimum atomic E-state index is -0.151. The maximum atomic E-state index is 12.8. The van der Waals surface area contributed by atoms with E-state index in [0.717, 1.165) is 17.1 Å². The van der Waals surface area contributed by atoms with Gasteiger partial charge in [0.25, 0.3) is 0 Å². The van der Waals surface area contributed by atoms with Crippen molar-refractivity contribution in [3.63, 3.8) is 0 Å². The molecule has 5 heteroatoms. The molecule has 0 aliphatic rings. The number of hydrogen-bond donors (Lipinski definition) is 0. The zero-order chi connectivity index (χ0) is 18.2. The number of carbonyl (C=O) groups excluding carboxylic acids is 2. The summed E-state index contributed by atoms with van der Waals surface area (Å²) >= 11 is 0. The number of furan rings is 1. The normalized spacial score (nSPS) is 10.3. The molecule has 0 aliphatic carbocycles. The Kier molecular flexibility index (Phi) is 6.57. The van der Waals surface area contributed by atoms with Crippen LogP contribution >= 0.6 is 0 Å². The van der Waals surface area contributed by atoms with E-state index in [1.807, 2.05) is 49.4 Å². The van der Waals surface area contributed by atoms with Gasteiger partial charge >= 0.3 is 0 Å². The van der Waals surface area contributed by atoms with Crippen LogP contribution < -0.4 is 0 Å². The summed E-state index contributed by atoms with van der Waals surface area (Å²) in [5, 5.41) is 0. The molecule has 0 spiro atoms. The second-order valence-electron chi connectivity index (χ2n) is 5.94. The molecule has 0 bridgehead atoms. The maximum absolute atomic E-state index is 12.8. The molecule has 5 nitrogen and oxygen atoms in total. The first kappa shape index (κ1) is 18.5. The Balaban J connectivity index is 2.15. The van der Waals surface area contributed by atoms with E-state index in [0.29, 0.717) is 19.6 Å². The lowest BCUT2D eigenvalue weighted by atomic mass is 10.2. The number of benzene rings is 1. The van der Waals surface area contributed by atoms with Gasteiger partial charge in [0.1, 0.15) is 18.1 Å². The summed E-state index contributed by atoms with van der Waals surface area (Å²) in [6.45, 7) is 8.15. The third-order valence-corrected chi connectivity index (χ3v) is 3.83. The van der Waals surface area contributed by atoms with Gasteiger partial charge < -0.3 is 14.2 Å². The summed E-state index contributed by atoms with van der Waals surface area (Å²) in [7, 11) is 0. The van der Waals surface area contributed by atoms with Crippen LogP contribution in [0.4, 0.5) is 0 Å². The lowest BCUT2D eigenvalue weighted by molar-refractivity contribution is -0.140. The van der Waals surface area contributed by atoms with Crippen LogP contribution in [0.25, 0.3) is 0 Å². The van der Waals surface area contributed by atoms with Crippen molar-refractivity contribution in [2.75, 3.05) is 13.1 Å². The van der Waals surface area contributed by atoms with Gasteiger partial charge in [0.15, 0.2) is 0 Å². The first-order valence-corrected chi connectivity index (χ1v) is 8.23. The van der Waals surface area contributed by atoms with Gasteiger partial charge in [-0.15, -0.1) is 6.58 Å². The van der Waals surface area contributed by atoms with Crippen molar-refractivity contribution in [2.24, 2.45) is 0 Å². The molecule has 1 aromatic heterocycles. The van der Waals surface area contributed by atoms with Crippen molar-refractivity contribution in [3.8, 4) is 0 Å². The minimum absolute atomic E-state index is 0.0217. The predicted octanol–water partition coefficient (Wildman–Crippen LogP) is 3.15. The van der Waals surface area contributed by atoms with Crippen LogP contribution in [-0.4, -0.2) is 34.7 Å². The number of aryl methyl sites for hydroxylation is 1. The molecule has 0 saturated heterocycles. The summed E-state index contributed by atoms with van der Waals surface area (Å²) in [6, 6.07) is 13.5. The van der Waals surface area contributed by atoms with Crippen molar-refractivity contribution in [1.82, 2.24) is 9.80 Å². The molecule has 0 aliphatic heterocycles. The van der Waals surface area contributed by atoms with Gasteiger partial charge in [-0.05, 0) is 24.6 Å². The van der Waals surface area contributed by atoms with Gasteiger partial charge in [-0.2, -0.15) is 0 Å². The van der Waals surface area contributed by atoms with Crippen LogP contribution in [0.3, 0.4) is 0 Å². The standard InChI is InChI=1S/C20H24N2O3/c1-4-12-21(17(3)23)15-20(24)22(13-18-8-6-5-7-9-18)14-19-11-10-16(2)25-19/h4-11H,1,12-15H2,2-3H3. The number of nitrogens with zero attached hydrogens (tertiary/aromatic N) is 2. The fourth-order valence-corrected chi connectivity index (χ4v) is 2.52. The van der Waals surface area contributed by atoms with Crippen molar-refractivity contribution >= 4 is 11.8 Å². The molecule has 1 aromatic carbocycles. The first-order valence-electron chi connectivity index (χ1n) is 8.23. The SMILES string of the molecule is C=CCN(CC(=O)N(Cc1ccccc1)Cc1ccc(C)o1)C(C)=O. The average molecular weight is 340 g/mol. The van der Waals surface area contributed by atoms with Crippen LogP contribution in [0.2, 0.25) is 0 Å². The molecule has 1 heterocycles. The van der Waals surface area contributed by atoms with E-state index in [2.05, 4.69) is 6.58 Å². The summed E-state index contributed by atoms with van der Waals surface area (Å²) < 4.78 is 5.61. The van der Waals surface area contributed by atoms with Crippen molar-refractivity contribution in [1.29, 1.82) is 0 Å². The predicted molar refractivity (Wildman–Crippen MR) is 96.6 cm³/mol. The number of amides is 2. The molecule has 0 radical (unpaired) electrons. The zero-order valence-electron chi connectivity index (χ0n) is 14.8. The molecule has 0 saturated carbocycles. The Morgan fingerprint density at radius 1 is 1.08 bits per heavy atom. The number of hydrogen-bond acceptors (Lipinski definition) is 3. The van der Waals surface area contributed by atoms with E-state index in [1.165, 1.54) is 11.8 Å². The van der Waals surface area contributed by atoms with Gasteiger partial charge in [-0.1, -0.05) is 36.4 Å². The molecule has 0 atom stereocenters. The van der Waals surface area contributed by atoms with Crippen molar-refractivity contribution in [3.05, 3.63) is 72.2 Å². The Morgan fingerprint density at radius 3 is 2.36 bits per heavy atom. The zero-order valence-corrected chi connectivity index (χ0v) is 14.8. The molecule has 2 aromatic rings. The van der Waals surface area contributed by atoms with Crippen LogP contribution in [0.1, 0.15) is 24.0 Å². The molecular weight excluding hydrogens is 316 g/mol. The molecule has 0 fully saturated rings. The second kappa shape index (κ2) is 8.87. The first-order chi connectivity index (χ1) is 12.0. The fourth-order valence-electron chi connectivity index (χ4n) is 2.52. The van der Waals surface area contributed by atoms with Gasteiger partial charge in [-0.25, -0.2) is 0 Å². The highest BCUT2D eigenvalue weighted by Crippen LogP contribution is 2.13.